The van der Waals surface area contributed by atoms with Gasteiger partial charge in [-0.15, -0.1) is 0 Å². The first-order valence-electron chi connectivity index (χ1n) is 6.57. The van der Waals surface area contributed by atoms with Crippen LogP contribution in [0, 0.1) is 0 Å². The molecule has 3 heteroatoms. The summed E-state index contributed by atoms with van der Waals surface area (Å²) in [6, 6.07) is 0. The predicted molar refractivity (Wildman–Crippen MR) is 75.4 cm³/mol. The van der Waals surface area contributed by atoms with E-state index < -0.39 is 0 Å². The monoisotopic (exact) mass is 235 g/mol. The van der Waals surface area contributed by atoms with Crippen molar-refractivity contribution in [3.63, 3.8) is 0 Å². The molecule has 0 aliphatic carbocycles. The highest BCUT2D eigenvalue weighted by atomic mass is 15.3. The van der Waals surface area contributed by atoms with Gasteiger partial charge < -0.3 is 9.80 Å². The summed E-state index contributed by atoms with van der Waals surface area (Å²) in [7, 11) is 2.17. The molecule has 2 rings (SSSR count). The second-order valence-electron chi connectivity index (χ2n) is 4.35. The van der Waals surface area contributed by atoms with E-state index in [1.54, 1.807) is 0 Å². The molecule has 0 atom stereocenters. The Morgan fingerprint density at radius 3 is 2.47 bits per heavy atom. The second kappa shape index (κ2) is 7.28. The first-order chi connectivity index (χ1) is 8.25. The number of hydrogen-bond donors (Lipinski definition) is 0. The van der Waals surface area contributed by atoms with E-state index >= 15 is 0 Å². The fourth-order valence-electron chi connectivity index (χ4n) is 1.96. The maximum Gasteiger partial charge on any atom is 0.108 e. The summed E-state index contributed by atoms with van der Waals surface area (Å²) in [6.07, 6.45) is 5.93. The lowest BCUT2D eigenvalue weighted by Crippen LogP contribution is -2.47. The lowest BCUT2D eigenvalue weighted by Gasteiger charge is -2.34. The summed E-state index contributed by atoms with van der Waals surface area (Å²) in [6.45, 7) is 12.5. The molecular formula is C14H25N3. The Hall–Kier alpha value is -1.09. The Labute approximate surface area is 106 Å². The van der Waals surface area contributed by atoms with E-state index in [1.165, 1.54) is 11.4 Å². The third-order valence-electron chi connectivity index (χ3n) is 3.01. The number of rotatable bonds is 0. The van der Waals surface area contributed by atoms with E-state index in [0.29, 0.717) is 0 Å². The second-order valence-corrected chi connectivity index (χ2v) is 4.35. The van der Waals surface area contributed by atoms with Crippen LogP contribution in [0.25, 0.3) is 0 Å². The molecule has 0 amide bonds. The van der Waals surface area contributed by atoms with Crippen molar-refractivity contribution in [2.45, 2.75) is 26.7 Å². The fourth-order valence-corrected chi connectivity index (χ4v) is 1.96. The smallest absolute Gasteiger partial charge is 0.108 e. The molecule has 3 nitrogen and oxygen atoms in total. The molecule has 0 bridgehead atoms. The van der Waals surface area contributed by atoms with E-state index in [-0.39, 0.29) is 0 Å². The summed E-state index contributed by atoms with van der Waals surface area (Å²) >= 11 is 0. The molecule has 0 aromatic carbocycles. The molecule has 0 aromatic heterocycles. The molecule has 0 saturated carbocycles. The van der Waals surface area contributed by atoms with Crippen LogP contribution in [-0.4, -0.2) is 48.9 Å². The molecule has 96 valence electrons. The minimum Gasteiger partial charge on any atom is -0.357 e. The molecule has 0 unspecified atom stereocenters. The van der Waals surface area contributed by atoms with E-state index in [9.17, 15) is 0 Å². The Bertz CT molecular complexity index is 297. The van der Waals surface area contributed by atoms with Gasteiger partial charge in [-0.3, -0.25) is 0 Å². The molecule has 0 radical (unpaired) electrons. The Balaban J connectivity index is 0.000000686. The fraction of sp³-hybridized carbons (Fsp3) is 0.643. The van der Waals surface area contributed by atoms with Crippen molar-refractivity contribution >= 4 is 5.84 Å². The highest BCUT2D eigenvalue weighted by molar-refractivity contribution is 5.85. The number of likely N-dealkylation sites (N-methyl/N-ethyl adjacent to an activating group) is 1. The van der Waals surface area contributed by atoms with E-state index in [1.807, 2.05) is 20.0 Å². The maximum absolute atomic E-state index is 4.50. The topological polar surface area (TPSA) is 18.8 Å². The number of allylic oxidation sites excluding steroid dienone is 1. The minimum atomic E-state index is 0.941. The molecule has 1 fully saturated rings. The van der Waals surface area contributed by atoms with E-state index in [0.717, 1.165) is 39.0 Å². The minimum absolute atomic E-state index is 0.941. The summed E-state index contributed by atoms with van der Waals surface area (Å²) in [4.78, 5) is 9.25. The standard InChI is InChI=1S/C12H19N3.C2H6/c1-11-4-3-5-13-12(10-11)15-8-6-14(2)7-9-15;1-2/h3,5H,1,4,6-10H2,2H3;1-2H3. The number of hydrogen-bond acceptors (Lipinski definition) is 3. The summed E-state index contributed by atoms with van der Waals surface area (Å²) in [5, 5.41) is 0. The first-order valence-corrected chi connectivity index (χ1v) is 6.57. The molecule has 2 aliphatic rings. The number of piperazine rings is 1. The van der Waals surface area contributed by atoms with E-state index in [2.05, 4.69) is 34.5 Å². The largest absolute Gasteiger partial charge is 0.357 e. The quantitative estimate of drug-likeness (QED) is 0.601. The van der Waals surface area contributed by atoms with Crippen LogP contribution in [0.15, 0.2) is 29.4 Å². The highest BCUT2D eigenvalue weighted by Gasteiger charge is 2.18. The van der Waals surface area contributed by atoms with Gasteiger partial charge in [0.05, 0.1) is 0 Å². The van der Waals surface area contributed by atoms with Crippen LogP contribution < -0.4 is 0 Å². The zero-order valence-corrected chi connectivity index (χ0v) is 11.4. The maximum atomic E-state index is 4.50. The average molecular weight is 235 g/mol. The van der Waals surface area contributed by atoms with Crippen LogP contribution in [0.2, 0.25) is 0 Å². The van der Waals surface area contributed by atoms with Crippen molar-refractivity contribution in [1.29, 1.82) is 0 Å². The van der Waals surface area contributed by atoms with Gasteiger partial charge in [0.1, 0.15) is 5.84 Å². The van der Waals surface area contributed by atoms with Gasteiger partial charge in [0.2, 0.25) is 0 Å². The van der Waals surface area contributed by atoms with Crippen LogP contribution in [0.4, 0.5) is 0 Å². The van der Waals surface area contributed by atoms with Gasteiger partial charge in [0.15, 0.2) is 0 Å². The normalized spacial score (nSPS) is 21.5. The van der Waals surface area contributed by atoms with Gasteiger partial charge in [-0.05, 0) is 13.5 Å². The van der Waals surface area contributed by atoms with Gasteiger partial charge in [0, 0.05) is 38.8 Å². The summed E-state index contributed by atoms with van der Waals surface area (Å²) < 4.78 is 0. The van der Waals surface area contributed by atoms with Crippen LogP contribution in [-0.2, 0) is 0 Å². The van der Waals surface area contributed by atoms with Crippen LogP contribution in [0.5, 0.6) is 0 Å². The van der Waals surface area contributed by atoms with Gasteiger partial charge in [-0.2, -0.15) is 0 Å². The van der Waals surface area contributed by atoms with Gasteiger partial charge >= 0.3 is 0 Å². The van der Waals surface area contributed by atoms with E-state index in [4.69, 9.17) is 0 Å². The highest BCUT2D eigenvalue weighted by Crippen LogP contribution is 2.14. The van der Waals surface area contributed by atoms with Crippen LogP contribution >= 0.6 is 0 Å². The van der Waals surface area contributed by atoms with Gasteiger partial charge in [-0.1, -0.05) is 32.1 Å². The van der Waals surface area contributed by atoms with Crippen molar-refractivity contribution in [2.75, 3.05) is 33.2 Å². The predicted octanol–water partition coefficient (Wildman–Crippen LogP) is 2.52. The third-order valence-corrected chi connectivity index (χ3v) is 3.01. The van der Waals surface area contributed by atoms with Crippen LogP contribution in [0.1, 0.15) is 26.7 Å². The van der Waals surface area contributed by atoms with Crippen molar-refractivity contribution in [3.05, 3.63) is 24.4 Å². The summed E-state index contributed by atoms with van der Waals surface area (Å²) in [5.74, 6) is 1.20. The molecule has 17 heavy (non-hydrogen) atoms. The zero-order chi connectivity index (χ0) is 12.7. The van der Waals surface area contributed by atoms with Crippen molar-refractivity contribution in [1.82, 2.24) is 9.80 Å². The number of aliphatic imine (C=N–C) groups is 1. The summed E-state index contributed by atoms with van der Waals surface area (Å²) in [5.41, 5.74) is 1.27. The van der Waals surface area contributed by atoms with Gasteiger partial charge in [0.25, 0.3) is 0 Å². The SMILES string of the molecule is C=C1CC=CN=C(N2CCN(C)CC2)C1.CC. The molecular weight excluding hydrogens is 210 g/mol. The Kier molecular flexibility index (Phi) is 5.98. The number of amidine groups is 1. The molecule has 0 aromatic rings. The molecule has 0 N–H and O–H groups in total. The third kappa shape index (κ3) is 4.35. The lowest BCUT2D eigenvalue weighted by atomic mass is 10.1. The zero-order valence-electron chi connectivity index (χ0n) is 11.4. The lowest BCUT2D eigenvalue weighted by molar-refractivity contribution is 0.214. The first kappa shape index (κ1) is 14.0. The van der Waals surface area contributed by atoms with Crippen LogP contribution in [0.3, 0.4) is 0 Å². The number of nitrogens with zero attached hydrogens (tertiary/aromatic N) is 3. The van der Waals surface area contributed by atoms with Crippen molar-refractivity contribution in [2.24, 2.45) is 4.99 Å². The molecule has 0 spiro atoms. The molecule has 2 heterocycles. The molecule has 1 saturated heterocycles. The van der Waals surface area contributed by atoms with Crippen molar-refractivity contribution < 1.29 is 0 Å². The Morgan fingerprint density at radius 2 is 1.82 bits per heavy atom. The molecule has 2 aliphatic heterocycles. The Morgan fingerprint density at radius 1 is 1.18 bits per heavy atom. The van der Waals surface area contributed by atoms with Crippen molar-refractivity contribution in [3.8, 4) is 0 Å². The average Bonchev–Trinajstić information content (AvgIpc) is 2.57. The van der Waals surface area contributed by atoms with Gasteiger partial charge in [-0.25, -0.2) is 4.99 Å².